The van der Waals surface area contributed by atoms with Gasteiger partial charge in [0.1, 0.15) is 17.5 Å². The fourth-order valence-electron chi connectivity index (χ4n) is 2.41. The van der Waals surface area contributed by atoms with Crippen LogP contribution in [0.2, 0.25) is 5.02 Å². The number of nitrogens with zero attached hydrogens (tertiary/aromatic N) is 2. The molecule has 0 saturated carbocycles. The molecule has 0 aliphatic carbocycles. The molecule has 0 unspecified atom stereocenters. The van der Waals surface area contributed by atoms with Gasteiger partial charge < -0.3 is 4.57 Å². The smallest absolute Gasteiger partial charge is 0.128 e. The molecule has 0 saturated heterocycles. The fourth-order valence-corrected chi connectivity index (χ4v) is 3.15. The van der Waals surface area contributed by atoms with Gasteiger partial charge >= 0.3 is 0 Å². The van der Waals surface area contributed by atoms with Crippen molar-refractivity contribution in [1.29, 1.82) is 0 Å². The van der Waals surface area contributed by atoms with Crippen molar-refractivity contribution in [2.24, 2.45) is 0 Å². The van der Waals surface area contributed by atoms with Crippen molar-refractivity contribution >= 4 is 27.5 Å². The van der Waals surface area contributed by atoms with Crippen LogP contribution < -0.4 is 0 Å². The molecule has 3 rings (SSSR count). The Morgan fingerprint density at radius 3 is 2.74 bits per heavy atom. The summed E-state index contributed by atoms with van der Waals surface area (Å²) >= 11 is 9.34. The SMILES string of the molecule is Fc1cc(Br)cc(Cn2ccnc2Cc2c(F)cccc2Cl)c1. The van der Waals surface area contributed by atoms with Crippen LogP contribution in [0, 0.1) is 11.6 Å². The quantitative estimate of drug-likeness (QED) is 0.590. The fraction of sp³-hybridized carbons (Fsp3) is 0.118. The number of hydrogen-bond acceptors (Lipinski definition) is 1. The van der Waals surface area contributed by atoms with Gasteiger partial charge in [-0.3, -0.25) is 0 Å². The molecule has 0 atom stereocenters. The lowest BCUT2D eigenvalue weighted by molar-refractivity contribution is 0.608. The van der Waals surface area contributed by atoms with Crippen LogP contribution in [0.15, 0.2) is 53.3 Å². The van der Waals surface area contributed by atoms with Crippen molar-refractivity contribution in [3.8, 4) is 0 Å². The average Bonchev–Trinajstić information content (AvgIpc) is 2.89. The number of aromatic nitrogens is 2. The summed E-state index contributed by atoms with van der Waals surface area (Å²) in [5.41, 5.74) is 1.19. The number of rotatable bonds is 4. The van der Waals surface area contributed by atoms with Crippen molar-refractivity contribution in [2.75, 3.05) is 0 Å². The third-order valence-electron chi connectivity index (χ3n) is 3.47. The summed E-state index contributed by atoms with van der Waals surface area (Å²) in [6.45, 7) is 0.442. The number of benzene rings is 2. The standard InChI is InChI=1S/C17H12BrClF2N2/c18-12-6-11(7-13(20)8-12)10-23-5-4-22-17(23)9-14-15(19)2-1-3-16(14)21/h1-8H,9-10H2. The summed E-state index contributed by atoms with van der Waals surface area (Å²) < 4.78 is 29.9. The summed E-state index contributed by atoms with van der Waals surface area (Å²) in [6, 6.07) is 9.29. The van der Waals surface area contributed by atoms with Gasteiger partial charge in [0.05, 0.1) is 0 Å². The summed E-state index contributed by atoms with van der Waals surface area (Å²) in [5, 5.41) is 0.369. The molecule has 3 aromatic rings. The number of halogens is 4. The predicted octanol–water partition coefficient (Wildman–Crippen LogP) is 5.22. The highest BCUT2D eigenvalue weighted by Crippen LogP contribution is 2.22. The van der Waals surface area contributed by atoms with E-state index in [-0.39, 0.29) is 18.1 Å². The van der Waals surface area contributed by atoms with Crippen molar-refractivity contribution in [3.05, 3.63) is 86.9 Å². The maximum Gasteiger partial charge on any atom is 0.128 e. The second-order valence-corrected chi connectivity index (χ2v) is 6.45. The number of imidazole rings is 1. The van der Waals surface area contributed by atoms with Crippen LogP contribution in [0.4, 0.5) is 8.78 Å². The van der Waals surface area contributed by atoms with E-state index in [0.29, 0.717) is 27.4 Å². The van der Waals surface area contributed by atoms with Gasteiger partial charge in [-0.15, -0.1) is 0 Å². The largest absolute Gasteiger partial charge is 0.330 e. The van der Waals surface area contributed by atoms with E-state index in [1.807, 2.05) is 10.6 Å². The van der Waals surface area contributed by atoms with Gasteiger partial charge in [-0.1, -0.05) is 33.6 Å². The lowest BCUT2D eigenvalue weighted by Crippen LogP contribution is -2.06. The van der Waals surface area contributed by atoms with E-state index >= 15 is 0 Å². The highest BCUT2D eigenvalue weighted by Gasteiger charge is 2.12. The lowest BCUT2D eigenvalue weighted by atomic mass is 10.1. The van der Waals surface area contributed by atoms with Crippen LogP contribution in [0.1, 0.15) is 17.0 Å². The van der Waals surface area contributed by atoms with Crippen LogP contribution in [0.3, 0.4) is 0 Å². The Kier molecular flexibility index (Phi) is 4.78. The molecule has 0 bridgehead atoms. The van der Waals surface area contributed by atoms with E-state index in [1.54, 1.807) is 24.5 Å². The highest BCUT2D eigenvalue weighted by molar-refractivity contribution is 9.10. The van der Waals surface area contributed by atoms with Crippen molar-refractivity contribution in [3.63, 3.8) is 0 Å². The molecular formula is C17H12BrClF2N2. The van der Waals surface area contributed by atoms with Gasteiger partial charge in [-0.25, -0.2) is 13.8 Å². The highest BCUT2D eigenvalue weighted by atomic mass is 79.9. The Hall–Kier alpha value is -1.72. The van der Waals surface area contributed by atoms with E-state index in [4.69, 9.17) is 11.6 Å². The zero-order valence-corrected chi connectivity index (χ0v) is 14.3. The van der Waals surface area contributed by atoms with Crippen LogP contribution >= 0.6 is 27.5 Å². The molecule has 0 aliphatic heterocycles. The molecule has 1 aromatic heterocycles. The van der Waals surface area contributed by atoms with Crippen LogP contribution in [-0.2, 0) is 13.0 Å². The molecule has 118 valence electrons. The lowest BCUT2D eigenvalue weighted by Gasteiger charge is -2.10. The molecule has 1 heterocycles. The van der Waals surface area contributed by atoms with Crippen molar-refractivity contribution in [1.82, 2.24) is 9.55 Å². The minimum Gasteiger partial charge on any atom is -0.330 e. The van der Waals surface area contributed by atoms with E-state index < -0.39 is 0 Å². The minimum absolute atomic E-state index is 0.273. The molecule has 2 aromatic carbocycles. The first-order chi connectivity index (χ1) is 11.0. The number of hydrogen-bond donors (Lipinski definition) is 0. The molecule has 2 nitrogen and oxygen atoms in total. The van der Waals surface area contributed by atoms with E-state index in [2.05, 4.69) is 20.9 Å². The van der Waals surface area contributed by atoms with Gasteiger partial charge in [0.15, 0.2) is 0 Å². The molecule has 0 amide bonds. The second kappa shape index (κ2) is 6.81. The maximum absolute atomic E-state index is 13.9. The zero-order valence-electron chi connectivity index (χ0n) is 11.9. The molecule has 0 N–H and O–H groups in total. The summed E-state index contributed by atoms with van der Waals surface area (Å²) in [6.07, 6.45) is 3.69. The first-order valence-corrected chi connectivity index (χ1v) is 8.08. The van der Waals surface area contributed by atoms with Crippen LogP contribution in [0.5, 0.6) is 0 Å². The summed E-state index contributed by atoms with van der Waals surface area (Å²) in [7, 11) is 0. The monoisotopic (exact) mass is 396 g/mol. The Morgan fingerprint density at radius 2 is 2.00 bits per heavy atom. The van der Waals surface area contributed by atoms with E-state index in [1.165, 1.54) is 18.2 Å². The van der Waals surface area contributed by atoms with Gasteiger partial charge in [0.2, 0.25) is 0 Å². The second-order valence-electron chi connectivity index (χ2n) is 5.13. The summed E-state index contributed by atoms with van der Waals surface area (Å²) in [5.74, 6) is -0.00822. The minimum atomic E-state index is -0.361. The third-order valence-corrected chi connectivity index (χ3v) is 4.29. The Labute approximate surface area is 145 Å². The first kappa shape index (κ1) is 16.1. The average molecular weight is 398 g/mol. The Morgan fingerprint density at radius 1 is 1.17 bits per heavy atom. The Bertz CT molecular complexity index is 808. The van der Waals surface area contributed by atoms with E-state index in [0.717, 1.165) is 5.56 Å². The molecule has 0 spiro atoms. The molecule has 0 fully saturated rings. The molecular weight excluding hydrogens is 386 g/mol. The predicted molar refractivity (Wildman–Crippen MR) is 89.6 cm³/mol. The third kappa shape index (κ3) is 3.79. The van der Waals surface area contributed by atoms with Gasteiger partial charge in [0, 0.05) is 40.4 Å². The van der Waals surface area contributed by atoms with Crippen LogP contribution in [0.25, 0.3) is 0 Å². The zero-order chi connectivity index (χ0) is 16.4. The van der Waals surface area contributed by atoms with Gasteiger partial charge in [-0.05, 0) is 35.9 Å². The van der Waals surface area contributed by atoms with Gasteiger partial charge in [0.25, 0.3) is 0 Å². The molecule has 6 heteroatoms. The van der Waals surface area contributed by atoms with Crippen molar-refractivity contribution in [2.45, 2.75) is 13.0 Å². The molecule has 0 radical (unpaired) electrons. The van der Waals surface area contributed by atoms with Crippen molar-refractivity contribution < 1.29 is 8.78 Å². The maximum atomic E-state index is 13.9. The first-order valence-electron chi connectivity index (χ1n) is 6.91. The Balaban J connectivity index is 1.88. The van der Waals surface area contributed by atoms with Gasteiger partial charge in [-0.2, -0.15) is 0 Å². The summed E-state index contributed by atoms with van der Waals surface area (Å²) in [4.78, 5) is 4.27. The van der Waals surface area contributed by atoms with E-state index in [9.17, 15) is 8.78 Å². The normalized spacial score (nSPS) is 11.0. The molecule has 23 heavy (non-hydrogen) atoms. The van der Waals surface area contributed by atoms with Crippen LogP contribution in [-0.4, -0.2) is 9.55 Å². The molecule has 0 aliphatic rings. The topological polar surface area (TPSA) is 17.8 Å².